The number of rotatable bonds is 6. The monoisotopic (exact) mass is 473 g/mol. The SMILES string of the molecule is C=CC(=O)N1CCN(c2ccc3ncnc(Nc4ccc(Oc5ccn(C)n5)cc4F)c3c2)CC1. The van der Waals surface area contributed by atoms with E-state index in [1.807, 2.05) is 18.2 Å². The smallest absolute Gasteiger partial charge is 0.246 e. The lowest BCUT2D eigenvalue weighted by atomic mass is 10.1. The molecule has 0 atom stereocenters. The van der Waals surface area contributed by atoms with E-state index in [2.05, 4.69) is 31.9 Å². The molecular formula is C25H24FN7O2. The highest BCUT2D eigenvalue weighted by atomic mass is 19.1. The maximum absolute atomic E-state index is 14.9. The van der Waals surface area contributed by atoms with Crippen LogP contribution in [-0.2, 0) is 11.8 Å². The van der Waals surface area contributed by atoms with Gasteiger partial charge in [-0.15, -0.1) is 5.10 Å². The lowest BCUT2D eigenvalue weighted by Crippen LogP contribution is -2.48. The molecule has 5 rings (SSSR count). The average Bonchev–Trinajstić information content (AvgIpc) is 3.29. The van der Waals surface area contributed by atoms with Crippen molar-refractivity contribution in [3.05, 3.63) is 73.5 Å². The van der Waals surface area contributed by atoms with Gasteiger partial charge in [0.25, 0.3) is 0 Å². The number of nitrogens with one attached hydrogen (secondary N) is 1. The largest absolute Gasteiger partial charge is 0.437 e. The van der Waals surface area contributed by atoms with Crippen LogP contribution in [0.5, 0.6) is 11.6 Å². The summed E-state index contributed by atoms with van der Waals surface area (Å²) < 4.78 is 22.1. The summed E-state index contributed by atoms with van der Waals surface area (Å²) in [4.78, 5) is 24.5. The van der Waals surface area contributed by atoms with Gasteiger partial charge in [0.2, 0.25) is 11.8 Å². The van der Waals surface area contributed by atoms with E-state index < -0.39 is 5.82 Å². The summed E-state index contributed by atoms with van der Waals surface area (Å²) in [5.41, 5.74) is 1.99. The number of carbonyl (C=O) groups is 1. The summed E-state index contributed by atoms with van der Waals surface area (Å²) in [6.45, 7) is 6.21. The van der Waals surface area contributed by atoms with Gasteiger partial charge in [-0.05, 0) is 36.4 Å². The van der Waals surface area contributed by atoms with Crippen LogP contribution in [0.2, 0.25) is 0 Å². The number of carbonyl (C=O) groups excluding carboxylic acids is 1. The van der Waals surface area contributed by atoms with Gasteiger partial charge >= 0.3 is 0 Å². The highest BCUT2D eigenvalue weighted by molar-refractivity contribution is 5.93. The van der Waals surface area contributed by atoms with E-state index in [4.69, 9.17) is 4.74 Å². The molecule has 10 heteroatoms. The zero-order chi connectivity index (χ0) is 24.4. The van der Waals surface area contributed by atoms with Crippen LogP contribution in [0.25, 0.3) is 10.9 Å². The summed E-state index contributed by atoms with van der Waals surface area (Å²) in [5.74, 6) is 0.688. The van der Waals surface area contributed by atoms with Crippen LogP contribution in [-0.4, -0.2) is 56.7 Å². The highest BCUT2D eigenvalue weighted by Gasteiger charge is 2.20. The number of fused-ring (bicyclic) bond motifs is 1. The molecule has 1 aliphatic heterocycles. The minimum absolute atomic E-state index is 0.0541. The Morgan fingerprint density at radius 1 is 1.11 bits per heavy atom. The fourth-order valence-electron chi connectivity index (χ4n) is 4.01. The molecule has 4 aromatic rings. The van der Waals surface area contributed by atoms with Gasteiger partial charge in [0.1, 0.15) is 23.7 Å². The molecule has 0 spiro atoms. The normalized spacial score (nSPS) is 13.7. The predicted molar refractivity (Wildman–Crippen MR) is 131 cm³/mol. The van der Waals surface area contributed by atoms with E-state index in [0.717, 1.165) is 16.6 Å². The molecule has 0 bridgehead atoms. The lowest BCUT2D eigenvalue weighted by Gasteiger charge is -2.35. The molecular weight excluding hydrogens is 449 g/mol. The third kappa shape index (κ3) is 4.77. The first kappa shape index (κ1) is 22.3. The van der Waals surface area contributed by atoms with Crippen LogP contribution >= 0.6 is 0 Å². The molecule has 1 N–H and O–H groups in total. The number of piperazine rings is 1. The summed E-state index contributed by atoms with van der Waals surface area (Å²) in [6, 6.07) is 12.2. The zero-order valence-electron chi connectivity index (χ0n) is 19.2. The Morgan fingerprint density at radius 3 is 2.66 bits per heavy atom. The second-order valence-electron chi connectivity index (χ2n) is 8.14. The fraction of sp³-hybridized carbons (Fsp3) is 0.200. The van der Waals surface area contributed by atoms with Crippen molar-refractivity contribution in [1.29, 1.82) is 0 Å². The van der Waals surface area contributed by atoms with Crippen LogP contribution < -0.4 is 15.0 Å². The molecule has 1 saturated heterocycles. The number of ether oxygens (including phenoxy) is 1. The van der Waals surface area contributed by atoms with Crippen LogP contribution in [0, 0.1) is 5.82 Å². The molecule has 0 unspecified atom stereocenters. The number of hydrogen-bond acceptors (Lipinski definition) is 7. The van der Waals surface area contributed by atoms with Crippen LogP contribution in [0.3, 0.4) is 0 Å². The number of hydrogen-bond donors (Lipinski definition) is 1. The first-order valence-electron chi connectivity index (χ1n) is 11.2. The van der Waals surface area contributed by atoms with E-state index in [0.29, 0.717) is 43.6 Å². The van der Waals surface area contributed by atoms with Crippen LogP contribution in [0.4, 0.5) is 21.6 Å². The summed E-state index contributed by atoms with van der Waals surface area (Å²) >= 11 is 0. The average molecular weight is 474 g/mol. The molecule has 3 heterocycles. The van der Waals surface area contributed by atoms with Gasteiger partial charge in [0.15, 0.2) is 0 Å². The quantitative estimate of drug-likeness (QED) is 0.425. The maximum atomic E-state index is 14.9. The summed E-state index contributed by atoms with van der Waals surface area (Å²) in [7, 11) is 1.78. The van der Waals surface area contributed by atoms with Crippen molar-refractivity contribution < 1.29 is 13.9 Å². The minimum Gasteiger partial charge on any atom is -0.437 e. The molecule has 2 aromatic carbocycles. The molecule has 178 valence electrons. The van der Waals surface area contributed by atoms with E-state index in [1.165, 1.54) is 18.5 Å². The number of benzene rings is 2. The minimum atomic E-state index is -0.482. The zero-order valence-corrected chi connectivity index (χ0v) is 19.2. The van der Waals surface area contributed by atoms with Crippen molar-refractivity contribution in [3.8, 4) is 11.6 Å². The Kier molecular flexibility index (Phi) is 6.01. The Balaban J connectivity index is 1.36. The van der Waals surface area contributed by atoms with Crippen LogP contribution in [0.15, 0.2) is 67.6 Å². The van der Waals surface area contributed by atoms with Gasteiger partial charge in [0.05, 0.1) is 11.2 Å². The molecule has 0 radical (unpaired) electrons. The number of nitrogens with zero attached hydrogens (tertiary/aromatic N) is 6. The van der Waals surface area contributed by atoms with Crippen molar-refractivity contribution in [1.82, 2.24) is 24.6 Å². The number of aromatic nitrogens is 4. The number of amides is 1. The van der Waals surface area contributed by atoms with E-state index in [-0.39, 0.29) is 11.6 Å². The summed E-state index contributed by atoms with van der Waals surface area (Å²) in [6.07, 6.45) is 4.54. The third-order valence-corrected chi connectivity index (χ3v) is 5.86. The van der Waals surface area contributed by atoms with E-state index in [1.54, 1.807) is 41.0 Å². The van der Waals surface area contributed by atoms with Crippen molar-refractivity contribution >= 4 is 34.0 Å². The van der Waals surface area contributed by atoms with Gasteiger partial charge in [-0.3, -0.25) is 9.48 Å². The Morgan fingerprint density at radius 2 is 1.94 bits per heavy atom. The van der Waals surface area contributed by atoms with Gasteiger partial charge in [-0.25, -0.2) is 14.4 Å². The number of halogens is 1. The first-order valence-corrected chi connectivity index (χ1v) is 11.2. The highest BCUT2D eigenvalue weighted by Crippen LogP contribution is 2.30. The molecule has 1 aliphatic rings. The van der Waals surface area contributed by atoms with Gasteiger partial charge < -0.3 is 19.9 Å². The Labute approximate surface area is 201 Å². The molecule has 35 heavy (non-hydrogen) atoms. The van der Waals surface area contributed by atoms with E-state index in [9.17, 15) is 9.18 Å². The van der Waals surface area contributed by atoms with Gasteiger partial charge in [-0.2, -0.15) is 0 Å². The van der Waals surface area contributed by atoms with Crippen LogP contribution in [0.1, 0.15) is 0 Å². The molecule has 1 amide bonds. The van der Waals surface area contributed by atoms with Crippen molar-refractivity contribution in [2.24, 2.45) is 7.05 Å². The molecule has 0 aliphatic carbocycles. The Bertz CT molecular complexity index is 1400. The summed E-state index contributed by atoms with van der Waals surface area (Å²) in [5, 5.41) is 7.99. The number of anilines is 3. The third-order valence-electron chi connectivity index (χ3n) is 5.86. The molecule has 9 nitrogen and oxygen atoms in total. The first-order chi connectivity index (χ1) is 17.0. The fourth-order valence-corrected chi connectivity index (χ4v) is 4.01. The topological polar surface area (TPSA) is 88.4 Å². The molecule has 0 saturated carbocycles. The predicted octanol–water partition coefficient (Wildman–Crippen LogP) is 3.87. The molecule has 2 aromatic heterocycles. The second kappa shape index (κ2) is 9.41. The number of aryl methyl sites for hydroxylation is 1. The lowest BCUT2D eigenvalue weighted by molar-refractivity contribution is -0.126. The molecule has 1 fully saturated rings. The van der Waals surface area contributed by atoms with Gasteiger partial charge in [0, 0.05) is 62.6 Å². The second-order valence-corrected chi connectivity index (χ2v) is 8.14. The Hall–Kier alpha value is -4.47. The van der Waals surface area contributed by atoms with E-state index >= 15 is 0 Å². The van der Waals surface area contributed by atoms with Crippen molar-refractivity contribution in [3.63, 3.8) is 0 Å². The standard InChI is InChI=1S/C25H24FN7O2/c1-3-24(34)33-12-10-32(11-13-33)17-4-6-21-19(14-17)25(28-16-27-21)29-22-7-5-18(15-20(22)26)35-23-8-9-31(2)30-23/h3-9,14-16H,1,10-13H2,2H3,(H,27,28,29). The maximum Gasteiger partial charge on any atom is 0.246 e. The van der Waals surface area contributed by atoms with Gasteiger partial charge in [-0.1, -0.05) is 6.58 Å². The van der Waals surface area contributed by atoms with Crippen molar-refractivity contribution in [2.75, 3.05) is 36.4 Å². The van der Waals surface area contributed by atoms with Crippen molar-refractivity contribution in [2.45, 2.75) is 0 Å².